The maximum absolute atomic E-state index is 4.66. The number of rotatable bonds is 2. The zero-order valence-electron chi connectivity index (χ0n) is 8.82. The summed E-state index contributed by atoms with van der Waals surface area (Å²) in [5, 5.41) is 0. The lowest BCUT2D eigenvalue weighted by atomic mass is 9.96. The molecular weight excluding hydrogens is 250 g/mol. The molecule has 1 nitrogen and oxygen atoms in total. The van der Waals surface area contributed by atoms with Gasteiger partial charge < -0.3 is 0 Å². The fraction of sp³-hybridized carbons (Fsp3) is 0.462. The molecule has 0 amide bonds. The second-order valence-corrected chi connectivity index (χ2v) is 4.95. The minimum absolute atomic E-state index is 0.561. The predicted molar refractivity (Wildman–Crippen MR) is 68.6 cm³/mol. The Morgan fingerprint density at radius 3 is 2.60 bits per heavy atom. The molecule has 80 valence electrons. The molecule has 1 aliphatic carbocycles. The van der Waals surface area contributed by atoms with Crippen LogP contribution >= 0.6 is 15.9 Å². The maximum Gasteiger partial charge on any atom is 0.0499 e. The number of hydrogen-bond acceptors (Lipinski definition) is 1. The topological polar surface area (TPSA) is 12.4 Å². The lowest BCUT2D eigenvalue weighted by Crippen LogP contribution is -2.09. The van der Waals surface area contributed by atoms with Gasteiger partial charge in [-0.05, 0) is 18.9 Å². The molecule has 1 aromatic rings. The van der Waals surface area contributed by atoms with E-state index >= 15 is 0 Å². The van der Waals surface area contributed by atoms with Crippen LogP contribution in [0.3, 0.4) is 0 Å². The number of benzene rings is 1. The molecule has 1 saturated carbocycles. The smallest absolute Gasteiger partial charge is 0.0499 e. The van der Waals surface area contributed by atoms with E-state index in [0.29, 0.717) is 6.04 Å². The first-order valence-corrected chi connectivity index (χ1v) is 6.43. The number of hydrogen-bond donors (Lipinski definition) is 0. The second kappa shape index (κ2) is 5.45. The van der Waals surface area contributed by atoms with Crippen LogP contribution in [0.2, 0.25) is 0 Å². The van der Waals surface area contributed by atoms with E-state index in [1.807, 2.05) is 18.3 Å². The van der Waals surface area contributed by atoms with Gasteiger partial charge in [0.15, 0.2) is 0 Å². The van der Waals surface area contributed by atoms with E-state index in [0.717, 1.165) is 4.47 Å². The number of halogens is 1. The Kier molecular flexibility index (Phi) is 3.95. The van der Waals surface area contributed by atoms with E-state index in [1.54, 1.807) is 0 Å². The van der Waals surface area contributed by atoms with Gasteiger partial charge in [0.1, 0.15) is 0 Å². The highest BCUT2D eigenvalue weighted by atomic mass is 79.9. The van der Waals surface area contributed by atoms with E-state index in [9.17, 15) is 0 Å². The first-order valence-electron chi connectivity index (χ1n) is 5.64. The van der Waals surface area contributed by atoms with E-state index in [-0.39, 0.29) is 0 Å². The predicted octanol–water partition coefficient (Wildman–Crippen LogP) is 4.20. The van der Waals surface area contributed by atoms with Crippen molar-refractivity contribution in [2.75, 3.05) is 0 Å². The highest BCUT2D eigenvalue weighted by Crippen LogP contribution is 2.21. The van der Waals surface area contributed by atoms with Crippen molar-refractivity contribution in [2.24, 2.45) is 4.99 Å². The van der Waals surface area contributed by atoms with Gasteiger partial charge >= 0.3 is 0 Å². The van der Waals surface area contributed by atoms with Gasteiger partial charge in [-0.1, -0.05) is 53.4 Å². The summed E-state index contributed by atoms with van der Waals surface area (Å²) in [7, 11) is 0. The van der Waals surface area contributed by atoms with E-state index in [1.165, 1.54) is 37.7 Å². The SMILES string of the molecule is Brc1ccccc1C=NC1CCCCC1. The van der Waals surface area contributed by atoms with Crippen molar-refractivity contribution in [3.05, 3.63) is 34.3 Å². The Hall–Kier alpha value is -0.630. The van der Waals surface area contributed by atoms with Crippen molar-refractivity contribution in [1.29, 1.82) is 0 Å². The van der Waals surface area contributed by atoms with Crippen LogP contribution in [0.25, 0.3) is 0 Å². The zero-order valence-corrected chi connectivity index (χ0v) is 10.4. The quantitative estimate of drug-likeness (QED) is 0.711. The normalized spacial score (nSPS) is 18.5. The third-order valence-electron chi connectivity index (χ3n) is 2.90. The molecule has 0 bridgehead atoms. The average Bonchev–Trinajstić information content (AvgIpc) is 2.29. The molecule has 0 atom stereocenters. The summed E-state index contributed by atoms with van der Waals surface area (Å²) in [6.07, 6.45) is 8.62. The molecule has 0 aromatic heterocycles. The molecular formula is C13H16BrN. The number of aliphatic imine (C=N–C) groups is 1. The van der Waals surface area contributed by atoms with Crippen molar-refractivity contribution >= 4 is 22.1 Å². The Labute approximate surface area is 99.7 Å². The van der Waals surface area contributed by atoms with Crippen LogP contribution in [0.15, 0.2) is 33.7 Å². The standard InChI is InChI=1S/C13H16BrN/c14-13-9-5-4-6-11(13)10-15-12-7-2-1-3-8-12/h4-6,9-10,12H,1-3,7-8H2. The van der Waals surface area contributed by atoms with Gasteiger partial charge in [-0.25, -0.2) is 0 Å². The summed E-state index contributed by atoms with van der Waals surface area (Å²) in [5.74, 6) is 0. The van der Waals surface area contributed by atoms with Crippen LogP contribution < -0.4 is 0 Å². The van der Waals surface area contributed by atoms with Gasteiger partial charge in [0, 0.05) is 22.3 Å². The van der Waals surface area contributed by atoms with Crippen LogP contribution in [0.1, 0.15) is 37.7 Å². The largest absolute Gasteiger partial charge is 0.289 e. The molecule has 2 rings (SSSR count). The molecule has 0 saturated heterocycles. The molecule has 1 fully saturated rings. The van der Waals surface area contributed by atoms with Crippen molar-refractivity contribution < 1.29 is 0 Å². The number of nitrogens with zero attached hydrogens (tertiary/aromatic N) is 1. The van der Waals surface area contributed by atoms with Crippen molar-refractivity contribution in [2.45, 2.75) is 38.1 Å². The monoisotopic (exact) mass is 265 g/mol. The van der Waals surface area contributed by atoms with E-state index in [2.05, 4.69) is 33.1 Å². The van der Waals surface area contributed by atoms with Crippen LogP contribution in [0.5, 0.6) is 0 Å². The molecule has 0 unspecified atom stereocenters. The molecule has 1 aromatic carbocycles. The molecule has 0 radical (unpaired) electrons. The lowest BCUT2D eigenvalue weighted by Gasteiger charge is -2.17. The minimum Gasteiger partial charge on any atom is -0.289 e. The lowest BCUT2D eigenvalue weighted by molar-refractivity contribution is 0.444. The summed E-state index contributed by atoms with van der Waals surface area (Å²) in [6, 6.07) is 8.79. The van der Waals surface area contributed by atoms with Crippen LogP contribution in [-0.2, 0) is 0 Å². The van der Waals surface area contributed by atoms with Gasteiger partial charge in [0.05, 0.1) is 0 Å². The molecule has 0 spiro atoms. The zero-order chi connectivity index (χ0) is 10.5. The van der Waals surface area contributed by atoms with Crippen molar-refractivity contribution in [1.82, 2.24) is 0 Å². The Balaban J connectivity index is 2.01. The Morgan fingerprint density at radius 2 is 1.87 bits per heavy atom. The fourth-order valence-corrected chi connectivity index (χ4v) is 2.38. The molecule has 0 heterocycles. The average molecular weight is 266 g/mol. The Morgan fingerprint density at radius 1 is 1.13 bits per heavy atom. The van der Waals surface area contributed by atoms with Gasteiger partial charge in [-0.3, -0.25) is 4.99 Å². The van der Waals surface area contributed by atoms with Gasteiger partial charge in [-0.2, -0.15) is 0 Å². The fourth-order valence-electron chi connectivity index (χ4n) is 2.00. The van der Waals surface area contributed by atoms with E-state index in [4.69, 9.17) is 0 Å². The van der Waals surface area contributed by atoms with Crippen molar-refractivity contribution in [3.63, 3.8) is 0 Å². The van der Waals surface area contributed by atoms with Gasteiger partial charge in [-0.15, -0.1) is 0 Å². The van der Waals surface area contributed by atoms with Crippen LogP contribution in [0.4, 0.5) is 0 Å². The third kappa shape index (κ3) is 3.16. The summed E-state index contributed by atoms with van der Waals surface area (Å²) in [4.78, 5) is 4.66. The summed E-state index contributed by atoms with van der Waals surface area (Å²) in [5.41, 5.74) is 1.18. The third-order valence-corrected chi connectivity index (χ3v) is 3.63. The Bertz CT molecular complexity index is 340. The summed E-state index contributed by atoms with van der Waals surface area (Å²) >= 11 is 3.53. The van der Waals surface area contributed by atoms with E-state index < -0.39 is 0 Å². The highest BCUT2D eigenvalue weighted by molar-refractivity contribution is 9.10. The summed E-state index contributed by atoms with van der Waals surface area (Å²) in [6.45, 7) is 0. The van der Waals surface area contributed by atoms with Crippen molar-refractivity contribution in [3.8, 4) is 0 Å². The van der Waals surface area contributed by atoms with Gasteiger partial charge in [0.25, 0.3) is 0 Å². The first kappa shape index (κ1) is 10.9. The highest BCUT2D eigenvalue weighted by Gasteiger charge is 2.10. The molecule has 2 heteroatoms. The van der Waals surface area contributed by atoms with Crippen LogP contribution in [0, 0.1) is 0 Å². The minimum atomic E-state index is 0.561. The molecule has 1 aliphatic rings. The molecule has 0 N–H and O–H groups in total. The van der Waals surface area contributed by atoms with Gasteiger partial charge in [0.2, 0.25) is 0 Å². The first-order chi connectivity index (χ1) is 7.36. The molecule has 0 aliphatic heterocycles. The second-order valence-electron chi connectivity index (χ2n) is 4.09. The van der Waals surface area contributed by atoms with Crippen LogP contribution in [-0.4, -0.2) is 12.3 Å². The molecule has 15 heavy (non-hydrogen) atoms. The maximum atomic E-state index is 4.66. The summed E-state index contributed by atoms with van der Waals surface area (Å²) < 4.78 is 1.13.